The molecule has 1 aliphatic heterocycles. The van der Waals surface area contributed by atoms with E-state index in [2.05, 4.69) is 19.9 Å². The molecule has 0 saturated heterocycles. The maximum absolute atomic E-state index is 11.0. The molecule has 0 radical (unpaired) electrons. The van der Waals surface area contributed by atoms with Crippen LogP contribution in [0.4, 0.5) is 21.5 Å². The molecule has 10 heteroatoms. The van der Waals surface area contributed by atoms with Crippen molar-refractivity contribution in [2.75, 3.05) is 29.5 Å². The van der Waals surface area contributed by atoms with E-state index in [1.165, 1.54) is 6.20 Å². The summed E-state index contributed by atoms with van der Waals surface area (Å²) in [6.07, 6.45) is 4.78. The highest BCUT2D eigenvalue weighted by Gasteiger charge is 2.22. The van der Waals surface area contributed by atoms with Gasteiger partial charge in [-0.2, -0.15) is 0 Å². The Balaban J connectivity index is 1.66. The molecule has 1 N–H and O–H groups in total. The SMILES string of the molecule is CCN(c1ccc2c(c1)N(Cc1cnc[nH]1)CCO2)c1ncc([N+](=O)[O-])s1. The molecule has 0 bridgehead atoms. The molecule has 1 aliphatic rings. The zero-order chi connectivity index (χ0) is 18.8. The molecule has 27 heavy (non-hydrogen) atoms. The van der Waals surface area contributed by atoms with Crippen molar-refractivity contribution in [2.45, 2.75) is 13.5 Å². The fraction of sp³-hybridized carbons (Fsp3) is 0.294. The minimum absolute atomic E-state index is 0.0330. The van der Waals surface area contributed by atoms with Gasteiger partial charge in [-0.15, -0.1) is 0 Å². The number of thiazole rings is 1. The standard InChI is InChI=1S/C17H18N6O3S/c1-2-22(17-19-9-16(27-17)23(24)25)13-3-4-15-14(7-13)21(5-6-26-15)10-12-8-18-11-20-12/h3-4,7-9,11H,2,5-6,10H2,1H3,(H,18,20). The molecule has 140 valence electrons. The predicted molar refractivity (Wildman–Crippen MR) is 103 cm³/mol. The molecular formula is C17H18N6O3S. The number of fused-ring (bicyclic) bond motifs is 1. The predicted octanol–water partition coefficient (Wildman–Crippen LogP) is 3.33. The summed E-state index contributed by atoms with van der Waals surface area (Å²) in [5, 5.41) is 11.6. The third kappa shape index (κ3) is 3.43. The van der Waals surface area contributed by atoms with Crippen molar-refractivity contribution in [2.24, 2.45) is 0 Å². The molecule has 3 aromatic rings. The van der Waals surface area contributed by atoms with Crippen LogP contribution in [0.3, 0.4) is 0 Å². The Bertz CT molecular complexity index is 942. The van der Waals surface area contributed by atoms with Crippen molar-refractivity contribution in [3.05, 3.63) is 52.7 Å². The number of anilines is 3. The van der Waals surface area contributed by atoms with Crippen molar-refractivity contribution in [1.29, 1.82) is 0 Å². The molecule has 2 aromatic heterocycles. The molecule has 0 spiro atoms. The number of aromatic nitrogens is 3. The van der Waals surface area contributed by atoms with Crippen LogP contribution in [0, 0.1) is 10.1 Å². The van der Waals surface area contributed by atoms with E-state index >= 15 is 0 Å². The number of aromatic amines is 1. The molecule has 0 amide bonds. The molecule has 0 aliphatic carbocycles. The van der Waals surface area contributed by atoms with Gasteiger partial charge in [0, 0.05) is 18.4 Å². The molecule has 0 fully saturated rings. The number of nitro groups is 1. The Morgan fingerprint density at radius 3 is 3.04 bits per heavy atom. The number of benzene rings is 1. The van der Waals surface area contributed by atoms with Gasteiger partial charge in [-0.25, -0.2) is 9.97 Å². The van der Waals surface area contributed by atoms with E-state index in [1.54, 1.807) is 6.33 Å². The Labute approximate surface area is 159 Å². The van der Waals surface area contributed by atoms with E-state index in [4.69, 9.17) is 4.74 Å². The number of nitrogens with zero attached hydrogens (tertiary/aromatic N) is 5. The number of rotatable bonds is 6. The van der Waals surface area contributed by atoms with Crippen LogP contribution in [0.5, 0.6) is 5.75 Å². The molecule has 0 unspecified atom stereocenters. The molecular weight excluding hydrogens is 368 g/mol. The van der Waals surface area contributed by atoms with Crippen molar-refractivity contribution < 1.29 is 9.66 Å². The van der Waals surface area contributed by atoms with Gasteiger partial charge in [0.25, 0.3) is 0 Å². The van der Waals surface area contributed by atoms with Gasteiger partial charge in [0.15, 0.2) is 5.13 Å². The topological polar surface area (TPSA) is 100 Å². The maximum Gasteiger partial charge on any atom is 0.345 e. The minimum atomic E-state index is -0.415. The third-order valence-electron chi connectivity index (χ3n) is 4.34. The second-order valence-corrected chi connectivity index (χ2v) is 6.97. The molecule has 3 heterocycles. The highest BCUT2D eigenvalue weighted by Crippen LogP contribution is 2.39. The van der Waals surface area contributed by atoms with Gasteiger partial charge in [-0.3, -0.25) is 10.1 Å². The van der Waals surface area contributed by atoms with E-state index in [-0.39, 0.29) is 5.00 Å². The lowest BCUT2D eigenvalue weighted by Crippen LogP contribution is -2.32. The Morgan fingerprint density at radius 2 is 2.33 bits per heavy atom. The zero-order valence-electron chi connectivity index (χ0n) is 14.7. The summed E-state index contributed by atoms with van der Waals surface area (Å²) in [5.41, 5.74) is 2.93. The van der Waals surface area contributed by atoms with Crippen LogP contribution in [0.15, 0.2) is 36.9 Å². The number of nitrogens with one attached hydrogen (secondary N) is 1. The van der Waals surface area contributed by atoms with Crippen LogP contribution < -0.4 is 14.5 Å². The first kappa shape index (κ1) is 17.3. The van der Waals surface area contributed by atoms with Crippen molar-refractivity contribution >= 4 is 32.8 Å². The summed E-state index contributed by atoms with van der Waals surface area (Å²) in [6.45, 7) is 4.73. The van der Waals surface area contributed by atoms with E-state index < -0.39 is 4.92 Å². The van der Waals surface area contributed by atoms with E-state index in [9.17, 15) is 10.1 Å². The first-order valence-corrected chi connectivity index (χ1v) is 9.34. The van der Waals surface area contributed by atoms with Crippen LogP contribution >= 0.6 is 11.3 Å². The van der Waals surface area contributed by atoms with Crippen molar-refractivity contribution in [1.82, 2.24) is 15.0 Å². The van der Waals surface area contributed by atoms with Crippen LogP contribution in [-0.2, 0) is 6.54 Å². The smallest absolute Gasteiger partial charge is 0.345 e. The van der Waals surface area contributed by atoms with Gasteiger partial charge in [0.1, 0.15) is 18.6 Å². The van der Waals surface area contributed by atoms with Gasteiger partial charge < -0.3 is 19.5 Å². The average molecular weight is 386 g/mol. The third-order valence-corrected chi connectivity index (χ3v) is 5.31. The lowest BCUT2D eigenvalue weighted by molar-refractivity contribution is -0.380. The molecule has 4 rings (SSSR count). The second-order valence-electron chi connectivity index (χ2n) is 5.98. The Morgan fingerprint density at radius 1 is 1.44 bits per heavy atom. The van der Waals surface area contributed by atoms with Crippen molar-refractivity contribution in [3.8, 4) is 5.75 Å². The van der Waals surface area contributed by atoms with Crippen LogP contribution in [0.2, 0.25) is 0 Å². The van der Waals surface area contributed by atoms with Gasteiger partial charge in [-0.05, 0) is 36.5 Å². The molecule has 0 atom stereocenters. The fourth-order valence-corrected chi connectivity index (χ4v) is 3.88. The van der Waals surface area contributed by atoms with Crippen LogP contribution in [0.1, 0.15) is 12.6 Å². The normalized spacial score (nSPS) is 13.1. The van der Waals surface area contributed by atoms with Gasteiger partial charge in [0.2, 0.25) is 0 Å². The summed E-state index contributed by atoms with van der Waals surface area (Å²) < 4.78 is 5.79. The molecule has 9 nitrogen and oxygen atoms in total. The summed E-state index contributed by atoms with van der Waals surface area (Å²) in [7, 11) is 0. The lowest BCUT2D eigenvalue weighted by Gasteiger charge is -2.32. The van der Waals surface area contributed by atoms with Gasteiger partial charge in [0.05, 0.1) is 35.7 Å². The summed E-state index contributed by atoms with van der Waals surface area (Å²) in [6, 6.07) is 5.94. The number of imidazole rings is 1. The van der Waals surface area contributed by atoms with Crippen LogP contribution in [-0.4, -0.2) is 39.6 Å². The monoisotopic (exact) mass is 386 g/mol. The summed E-state index contributed by atoms with van der Waals surface area (Å²) in [5.74, 6) is 0.825. The number of H-pyrrole nitrogens is 1. The fourth-order valence-electron chi connectivity index (χ4n) is 3.06. The summed E-state index contributed by atoms with van der Waals surface area (Å²) >= 11 is 1.07. The summed E-state index contributed by atoms with van der Waals surface area (Å²) in [4.78, 5) is 26.2. The van der Waals surface area contributed by atoms with Crippen molar-refractivity contribution in [3.63, 3.8) is 0 Å². The number of hydrogen-bond acceptors (Lipinski definition) is 8. The first-order valence-electron chi connectivity index (χ1n) is 8.52. The number of hydrogen-bond donors (Lipinski definition) is 1. The quantitative estimate of drug-likeness (QED) is 0.512. The average Bonchev–Trinajstić information content (AvgIpc) is 3.35. The highest BCUT2D eigenvalue weighted by atomic mass is 32.1. The van der Waals surface area contributed by atoms with Gasteiger partial charge >= 0.3 is 5.00 Å². The largest absolute Gasteiger partial charge is 0.490 e. The van der Waals surface area contributed by atoms with Crippen LogP contribution in [0.25, 0.3) is 0 Å². The Hall–Kier alpha value is -3.14. The van der Waals surface area contributed by atoms with Gasteiger partial charge in [-0.1, -0.05) is 0 Å². The second kappa shape index (κ2) is 7.23. The zero-order valence-corrected chi connectivity index (χ0v) is 15.5. The lowest BCUT2D eigenvalue weighted by atomic mass is 10.2. The first-order chi connectivity index (χ1) is 13.2. The molecule has 1 aromatic carbocycles. The van der Waals surface area contributed by atoms with E-state index in [0.717, 1.165) is 40.7 Å². The Kier molecular flexibility index (Phi) is 4.63. The maximum atomic E-state index is 11.0. The van der Waals surface area contributed by atoms with E-state index in [0.29, 0.717) is 24.8 Å². The highest BCUT2D eigenvalue weighted by molar-refractivity contribution is 7.18. The number of ether oxygens (including phenoxy) is 1. The minimum Gasteiger partial charge on any atom is -0.490 e. The van der Waals surface area contributed by atoms with E-state index in [1.807, 2.05) is 36.2 Å². The molecule has 0 saturated carbocycles.